The summed E-state index contributed by atoms with van der Waals surface area (Å²) in [6.07, 6.45) is 1.51. The number of carbonyl (C=O) groups is 1. The first-order valence-electron chi connectivity index (χ1n) is 8.69. The van der Waals surface area contributed by atoms with Crippen LogP contribution in [0.15, 0.2) is 64.7 Å². The van der Waals surface area contributed by atoms with E-state index in [-0.39, 0.29) is 11.4 Å². The van der Waals surface area contributed by atoms with Crippen molar-refractivity contribution in [2.45, 2.75) is 20.5 Å². The SMILES string of the molecule is Cc1cc(NC(=O)C(C#N)=Cc2ccc(OCc3ccccc3C)cc2)no1. The van der Waals surface area contributed by atoms with Crippen molar-refractivity contribution in [2.24, 2.45) is 0 Å². The number of benzene rings is 2. The molecule has 0 bridgehead atoms. The molecule has 3 aromatic rings. The molecule has 1 heterocycles. The smallest absolute Gasteiger partial charge is 0.267 e. The van der Waals surface area contributed by atoms with Crippen LogP contribution in [0.4, 0.5) is 5.82 Å². The molecule has 0 aliphatic rings. The summed E-state index contributed by atoms with van der Waals surface area (Å²) in [4.78, 5) is 12.2. The molecule has 0 aliphatic carbocycles. The third-order valence-electron chi connectivity index (χ3n) is 4.08. The number of hydrogen-bond donors (Lipinski definition) is 1. The summed E-state index contributed by atoms with van der Waals surface area (Å²) >= 11 is 0. The van der Waals surface area contributed by atoms with E-state index in [4.69, 9.17) is 9.26 Å². The molecule has 0 unspecified atom stereocenters. The third kappa shape index (κ3) is 4.86. The van der Waals surface area contributed by atoms with Gasteiger partial charge in [0, 0.05) is 6.07 Å². The summed E-state index contributed by atoms with van der Waals surface area (Å²) in [7, 11) is 0. The van der Waals surface area contributed by atoms with Gasteiger partial charge in [0.1, 0.15) is 29.8 Å². The predicted octanol–water partition coefficient (Wildman–Crippen LogP) is 4.42. The van der Waals surface area contributed by atoms with Crippen LogP contribution < -0.4 is 10.1 Å². The van der Waals surface area contributed by atoms with E-state index in [2.05, 4.69) is 10.5 Å². The number of anilines is 1. The Morgan fingerprint density at radius 3 is 2.61 bits per heavy atom. The number of aromatic nitrogens is 1. The number of rotatable bonds is 6. The average molecular weight is 373 g/mol. The Labute approximate surface area is 163 Å². The molecule has 0 radical (unpaired) electrons. The van der Waals surface area contributed by atoms with Crippen LogP contribution in [-0.4, -0.2) is 11.1 Å². The summed E-state index contributed by atoms with van der Waals surface area (Å²) in [6, 6.07) is 18.7. The van der Waals surface area contributed by atoms with Gasteiger partial charge in [0.15, 0.2) is 5.82 Å². The van der Waals surface area contributed by atoms with Crippen molar-refractivity contribution in [2.75, 3.05) is 5.32 Å². The topological polar surface area (TPSA) is 88.2 Å². The lowest BCUT2D eigenvalue weighted by Crippen LogP contribution is -2.13. The maximum atomic E-state index is 12.2. The number of amides is 1. The van der Waals surface area contributed by atoms with Crippen LogP contribution in [0.25, 0.3) is 6.08 Å². The van der Waals surface area contributed by atoms with Gasteiger partial charge in [-0.15, -0.1) is 0 Å². The summed E-state index contributed by atoms with van der Waals surface area (Å²) in [5.74, 6) is 1.000. The van der Waals surface area contributed by atoms with Gasteiger partial charge >= 0.3 is 0 Å². The van der Waals surface area contributed by atoms with Crippen LogP contribution in [0.5, 0.6) is 5.75 Å². The molecular formula is C22H19N3O3. The lowest BCUT2D eigenvalue weighted by molar-refractivity contribution is -0.112. The number of aryl methyl sites for hydroxylation is 2. The zero-order chi connectivity index (χ0) is 19.9. The van der Waals surface area contributed by atoms with Crippen molar-refractivity contribution in [3.05, 3.63) is 82.6 Å². The molecule has 1 amide bonds. The number of carbonyl (C=O) groups excluding carboxylic acids is 1. The van der Waals surface area contributed by atoms with E-state index in [1.165, 1.54) is 11.6 Å². The number of nitrogens with one attached hydrogen (secondary N) is 1. The van der Waals surface area contributed by atoms with Crippen LogP contribution in [0.3, 0.4) is 0 Å². The first kappa shape index (κ1) is 18.9. The van der Waals surface area contributed by atoms with Gasteiger partial charge in [0.05, 0.1) is 0 Å². The quantitative estimate of drug-likeness (QED) is 0.510. The molecule has 0 atom stereocenters. The normalized spacial score (nSPS) is 11.0. The highest BCUT2D eigenvalue weighted by molar-refractivity contribution is 6.09. The Kier molecular flexibility index (Phi) is 5.87. The predicted molar refractivity (Wildman–Crippen MR) is 105 cm³/mol. The number of nitrogens with zero attached hydrogens (tertiary/aromatic N) is 2. The second kappa shape index (κ2) is 8.69. The Bertz CT molecular complexity index is 1040. The highest BCUT2D eigenvalue weighted by atomic mass is 16.5. The maximum Gasteiger partial charge on any atom is 0.267 e. The summed E-state index contributed by atoms with van der Waals surface area (Å²) in [5, 5.41) is 15.5. The number of ether oxygens (including phenoxy) is 1. The lowest BCUT2D eigenvalue weighted by atomic mass is 10.1. The fourth-order valence-electron chi connectivity index (χ4n) is 2.52. The van der Waals surface area contributed by atoms with E-state index in [9.17, 15) is 10.1 Å². The molecule has 0 saturated heterocycles. The first-order valence-corrected chi connectivity index (χ1v) is 8.69. The largest absolute Gasteiger partial charge is 0.489 e. The van der Waals surface area contributed by atoms with E-state index < -0.39 is 5.91 Å². The van der Waals surface area contributed by atoms with E-state index >= 15 is 0 Å². The highest BCUT2D eigenvalue weighted by Gasteiger charge is 2.11. The maximum absolute atomic E-state index is 12.2. The molecule has 0 aliphatic heterocycles. The molecule has 2 aromatic carbocycles. The minimum absolute atomic E-state index is 0.0331. The number of nitriles is 1. The molecule has 0 spiro atoms. The van der Waals surface area contributed by atoms with Crippen LogP contribution in [0, 0.1) is 25.2 Å². The molecule has 1 aromatic heterocycles. The van der Waals surface area contributed by atoms with E-state index in [1.54, 1.807) is 37.3 Å². The first-order chi connectivity index (χ1) is 13.5. The van der Waals surface area contributed by atoms with Gasteiger partial charge in [-0.1, -0.05) is 41.6 Å². The van der Waals surface area contributed by atoms with E-state index in [0.29, 0.717) is 23.7 Å². The molecule has 3 rings (SSSR count). The molecule has 1 N–H and O–H groups in total. The molecule has 140 valence electrons. The third-order valence-corrected chi connectivity index (χ3v) is 4.08. The second-order valence-electron chi connectivity index (χ2n) is 6.23. The van der Waals surface area contributed by atoms with Gasteiger partial charge in [0.25, 0.3) is 5.91 Å². The molecule has 28 heavy (non-hydrogen) atoms. The van der Waals surface area contributed by atoms with E-state index in [1.807, 2.05) is 37.3 Å². The lowest BCUT2D eigenvalue weighted by Gasteiger charge is -2.08. The summed E-state index contributed by atoms with van der Waals surface area (Å²) in [6.45, 7) is 4.23. The molecular weight excluding hydrogens is 354 g/mol. The molecule has 6 heteroatoms. The highest BCUT2D eigenvalue weighted by Crippen LogP contribution is 2.18. The molecule has 6 nitrogen and oxygen atoms in total. The van der Waals surface area contributed by atoms with Crippen molar-refractivity contribution >= 4 is 17.8 Å². The molecule has 0 fully saturated rings. The zero-order valence-electron chi connectivity index (χ0n) is 15.6. The van der Waals surface area contributed by atoms with Crippen LogP contribution >= 0.6 is 0 Å². The van der Waals surface area contributed by atoms with Crippen LogP contribution in [-0.2, 0) is 11.4 Å². The Hall–Kier alpha value is -3.85. The van der Waals surface area contributed by atoms with Crippen molar-refractivity contribution < 1.29 is 14.1 Å². The van der Waals surface area contributed by atoms with Crippen molar-refractivity contribution in [3.8, 4) is 11.8 Å². The fraction of sp³-hybridized carbons (Fsp3) is 0.136. The van der Waals surface area contributed by atoms with Gasteiger partial charge in [-0.05, 0) is 48.7 Å². The van der Waals surface area contributed by atoms with Gasteiger partial charge < -0.3 is 14.6 Å². The Morgan fingerprint density at radius 1 is 1.21 bits per heavy atom. The van der Waals surface area contributed by atoms with Crippen LogP contribution in [0.1, 0.15) is 22.5 Å². The summed E-state index contributed by atoms with van der Waals surface area (Å²) < 4.78 is 10.7. The van der Waals surface area contributed by atoms with Crippen LogP contribution in [0.2, 0.25) is 0 Å². The van der Waals surface area contributed by atoms with Gasteiger partial charge in [-0.25, -0.2) is 0 Å². The summed E-state index contributed by atoms with van der Waals surface area (Å²) in [5.41, 5.74) is 2.98. The van der Waals surface area contributed by atoms with Gasteiger partial charge in [-0.3, -0.25) is 4.79 Å². The van der Waals surface area contributed by atoms with Crippen molar-refractivity contribution in [3.63, 3.8) is 0 Å². The van der Waals surface area contributed by atoms with Gasteiger partial charge in [0.2, 0.25) is 0 Å². The second-order valence-corrected chi connectivity index (χ2v) is 6.23. The number of hydrogen-bond acceptors (Lipinski definition) is 5. The van der Waals surface area contributed by atoms with Crippen molar-refractivity contribution in [1.82, 2.24) is 5.16 Å². The Morgan fingerprint density at radius 2 is 1.96 bits per heavy atom. The minimum Gasteiger partial charge on any atom is -0.489 e. The monoisotopic (exact) mass is 373 g/mol. The van der Waals surface area contributed by atoms with Crippen molar-refractivity contribution in [1.29, 1.82) is 5.26 Å². The molecule has 0 saturated carbocycles. The zero-order valence-corrected chi connectivity index (χ0v) is 15.6. The fourth-order valence-corrected chi connectivity index (χ4v) is 2.52. The van der Waals surface area contributed by atoms with Gasteiger partial charge in [-0.2, -0.15) is 5.26 Å². The average Bonchev–Trinajstić information content (AvgIpc) is 3.11. The minimum atomic E-state index is -0.546. The standard InChI is InChI=1S/C22H19N3O3/c1-15-5-3-4-6-18(15)14-27-20-9-7-17(8-10-20)12-19(13-23)22(26)24-21-11-16(2)28-25-21/h3-12H,14H2,1-2H3,(H,24,25,26). The Balaban J connectivity index is 1.65. The van der Waals surface area contributed by atoms with E-state index in [0.717, 1.165) is 5.56 Å².